The second kappa shape index (κ2) is 11.9. The molecule has 10 nitrogen and oxygen atoms in total. The van der Waals surface area contributed by atoms with Gasteiger partial charge in [-0.2, -0.15) is 18.3 Å². The fraction of sp³-hybridized carbons (Fsp3) is 0.394. The molecule has 1 N–H and O–H groups in total. The zero-order valence-corrected chi connectivity index (χ0v) is 26.8. The van der Waals surface area contributed by atoms with E-state index in [0.717, 1.165) is 17.8 Å². The van der Waals surface area contributed by atoms with Gasteiger partial charge in [0.15, 0.2) is 17.3 Å². The van der Waals surface area contributed by atoms with Gasteiger partial charge in [0.05, 0.1) is 42.0 Å². The van der Waals surface area contributed by atoms with E-state index in [9.17, 15) is 22.0 Å². The van der Waals surface area contributed by atoms with Crippen molar-refractivity contribution in [1.29, 1.82) is 0 Å². The molecule has 0 saturated carbocycles. The summed E-state index contributed by atoms with van der Waals surface area (Å²) in [5, 5.41) is 5.86. The molecule has 2 fully saturated rings. The summed E-state index contributed by atoms with van der Waals surface area (Å²) in [5.41, 5.74) is 2.27. The van der Waals surface area contributed by atoms with Crippen molar-refractivity contribution in [1.82, 2.24) is 34.6 Å². The molecule has 0 aliphatic carbocycles. The molecule has 0 bridgehead atoms. The van der Waals surface area contributed by atoms with E-state index < -0.39 is 29.4 Å². The number of benzene rings is 2. The van der Waals surface area contributed by atoms with Crippen LogP contribution in [0, 0.1) is 11.6 Å². The summed E-state index contributed by atoms with van der Waals surface area (Å²) < 4.78 is 89.0. The van der Waals surface area contributed by atoms with Crippen molar-refractivity contribution < 1.29 is 36.2 Å². The highest BCUT2D eigenvalue weighted by Gasteiger charge is 2.43. The van der Waals surface area contributed by atoms with E-state index in [1.807, 2.05) is 9.67 Å². The summed E-state index contributed by atoms with van der Waals surface area (Å²) in [5.74, 6) is -2.60. The monoisotopic (exact) mass is 701 g/mol. The third kappa shape index (κ3) is 5.97. The lowest BCUT2D eigenvalue weighted by molar-refractivity contribution is -0.144. The minimum Gasteiger partial charge on any atom is -0.444 e. The molecule has 3 aliphatic rings. The summed E-state index contributed by atoms with van der Waals surface area (Å²) >= 11 is 5.95. The third-order valence-electron chi connectivity index (χ3n) is 9.34. The zero-order chi connectivity index (χ0) is 34.1. The Morgan fingerprint density at radius 3 is 2.53 bits per heavy atom. The number of H-pyrrole nitrogens is 1. The molecule has 2 atom stereocenters. The van der Waals surface area contributed by atoms with Crippen molar-refractivity contribution in [3.05, 3.63) is 82.0 Å². The lowest BCUT2D eigenvalue weighted by Gasteiger charge is -2.33. The molecule has 6 heterocycles. The first-order valence-corrected chi connectivity index (χ1v) is 16.2. The highest BCUT2D eigenvalue weighted by molar-refractivity contribution is 6.30. The maximum Gasteiger partial charge on any atom is 0.451 e. The molecule has 3 aromatic heterocycles. The van der Waals surface area contributed by atoms with Gasteiger partial charge in [-0.3, -0.25) is 15.0 Å². The molecule has 3 aliphatic heterocycles. The van der Waals surface area contributed by atoms with Crippen molar-refractivity contribution in [2.75, 3.05) is 19.7 Å². The van der Waals surface area contributed by atoms with Crippen LogP contribution in [-0.4, -0.2) is 60.4 Å². The van der Waals surface area contributed by atoms with Crippen molar-refractivity contribution >= 4 is 22.6 Å². The molecule has 0 spiro atoms. The first-order chi connectivity index (χ1) is 23.4. The number of ether oxygens (including phenoxy) is 3. The van der Waals surface area contributed by atoms with Crippen LogP contribution in [0.3, 0.4) is 0 Å². The number of pyridine rings is 1. The van der Waals surface area contributed by atoms with Gasteiger partial charge >= 0.3 is 6.18 Å². The van der Waals surface area contributed by atoms with Gasteiger partial charge in [0.25, 0.3) is 5.79 Å². The summed E-state index contributed by atoms with van der Waals surface area (Å²) in [7, 11) is 0. The second-order valence-electron chi connectivity index (χ2n) is 12.6. The molecule has 16 heteroatoms. The standard InChI is InChI=1S/C33H29ClF5N7O3/c1-32(22-3-2-18(34)10-23(22)36)48-27-12-19(35)11-21(29(27)49-32)17-4-7-45(8-5-17)16-28-41-24-13-25(30-42-31(44-43-30)33(37,38)39)40-14-26(24)46(28)15-20-6-9-47-20/h2-3,10-14,17,20H,4-9,15-16H2,1H3,(H,42,43,44)/t20-,32?/m0/s1. The fourth-order valence-corrected chi connectivity index (χ4v) is 6.89. The largest absolute Gasteiger partial charge is 0.451 e. The number of nitrogens with one attached hydrogen (secondary N) is 1. The van der Waals surface area contributed by atoms with Crippen molar-refractivity contribution in [2.45, 2.75) is 63.3 Å². The number of nitrogens with zero attached hydrogens (tertiary/aromatic N) is 6. The molecule has 2 aromatic carbocycles. The Morgan fingerprint density at radius 1 is 1.04 bits per heavy atom. The summed E-state index contributed by atoms with van der Waals surface area (Å²) in [6.07, 6.45) is -0.779. The topological polar surface area (TPSA) is 103 Å². The predicted molar refractivity (Wildman–Crippen MR) is 166 cm³/mol. The number of aromatic nitrogens is 6. The van der Waals surface area contributed by atoms with Gasteiger partial charge in [-0.25, -0.2) is 18.7 Å². The average Bonchev–Trinajstić information content (AvgIpc) is 3.74. The summed E-state index contributed by atoms with van der Waals surface area (Å²) in [4.78, 5) is 15.0. The quantitative estimate of drug-likeness (QED) is 0.182. The molecule has 49 heavy (non-hydrogen) atoms. The second-order valence-corrected chi connectivity index (χ2v) is 13.1. The van der Waals surface area contributed by atoms with Gasteiger partial charge in [0, 0.05) is 30.2 Å². The molecule has 5 aromatic rings. The number of aromatic amines is 1. The van der Waals surface area contributed by atoms with Gasteiger partial charge in [-0.1, -0.05) is 11.6 Å². The van der Waals surface area contributed by atoms with E-state index in [4.69, 9.17) is 30.8 Å². The Balaban J connectivity index is 1.01. The summed E-state index contributed by atoms with van der Waals surface area (Å²) in [6.45, 7) is 4.67. The highest BCUT2D eigenvalue weighted by Crippen LogP contribution is 2.50. The first kappa shape index (κ1) is 31.9. The highest BCUT2D eigenvalue weighted by atomic mass is 35.5. The molecule has 1 unspecified atom stereocenters. The van der Waals surface area contributed by atoms with Crippen LogP contribution in [0.25, 0.3) is 22.6 Å². The van der Waals surface area contributed by atoms with Crippen LogP contribution in [0.1, 0.15) is 54.9 Å². The third-order valence-corrected chi connectivity index (χ3v) is 9.57. The Hall–Kier alpha value is -4.34. The number of alkyl halides is 3. The first-order valence-electron chi connectivity index (χ1n) is 15.8. The fourth-order valence-electron chi connectivity index (χ4n) is 6.73. The molecule has 0 amide bonds. The van der Waals surface area contributed by atoms with Gasteiger partial charge in [-0.05, 0) is 68.6 Å². The SMILES string of the molecule is CC1(c2ccc(Cl)cc2F)Oc2cc(F)cc(C3CCN(Cc4nc5cc(-c6n[nH]c(C(F)(F)F)n6)ncc5n4C[C@@H]4CCO4)CC3)c2O1. The van der Waals surface area contributed by atoms with E-state index >= 15 is 0 Å². The van der Waals surface area contributed by atoms with Crippen molar-refractivity contribution in [3.8, 4) is 23.0 Å². The number of fused-ring (bicyclic) bond motifs is 2. The Morgan fingerprint density at radius 2 is 1.84 bits per heavy atom. The number of hydrogen-bond acceptors (Lipinski definition) is 8. The Kier molecular flexibility index (Phi) is 7.76. The molecule has 2 saturated heterocycles. The molecule has 8 rings (SSSR count). The minimum absolute atomic E-state index is 0.0215. The molecule has 256 valence electrons. The van der Waals surface area contributed by atoms with Gasteiger partial charge in [-0.15, -0.1) is 0 Å². The molecular weight excluding hydrogens is 673 g/mol. The van der Waals surface area contributed by atoms with E-state index in [2.05, 4.69) is 20.0 Å². The van der Waals surface area contributed by atoms with E-state index in [1.54, 1.807) is 25.3 Å². The summed E-state index contributed by atoms with van der Waals surface area (Å²) in [6, 6.07) is 8.52. The number of hydrogen-bond donors (Lipinski definition) is 1. The number of likely N-dealkylation sites (tertiary alicyclic amines) is 1. The van der Waals surface area contributed by atoms with Gasteiger partial charge in [0.2, 0.25) is 5.82 Å². The van der Waals surface area contributed by atoms with Crippen LogP contribution in [0.4, 0.5) is 22.0 Å². The van der Waals surface area contributed by atoms with Crippen LogP contribution in [0.15, 0.2) is 42.6 Å². The smallest absolute Gasteiger partial charge is 0.444 e. The zero-order valence-electron chi connectivity index (χ0n) is 26.0. The maximum atomic E-state index is 14.9. The van der Waals surface area contributed by atoms with Gasteiger partial charge < -0.3 is 18.8 Å². The number of halogens is 6. The van der Waals surface area contributed by atoms with Crippen LogP contribution >= 0.6 is 11.6 Å². The number of piperidine rings is 1. The van der Waals surface area contributed by atoms with E-state index in [-0.39, 0.29) is 39.9 Å². The van der Waals surface area contributed by atoms with Crippen LogP contribution < -0.4 is 9.47 Å². The normalized spacial score (nSPS) is 21.4. The average molecular weight is 702 g/mol. The van der Waals surface area contributed by atoms with Crippen molar-refractivity contribution in [2.24, 2.45) is 0 Å². The number of imidazole rings is 1. The number of rotatable bonds is 7. The Labute approximate surface area is 281 Å². The Bertz CT molecular complexity index is 2060. The maximum absolute atomic E-state index is 14.9. The van der Waals surface area contributed by atoms with Gasteiger partial charge in [0.1, 0.15) is 23.2 Å². The van der Waals surface area contributed by atoms with E-state index in [0.29, 0.717) is 62.5 Å². The predicted octanol–water partition coefficient (Wildman–Crippen LogP) is 6.98. The van der Waals surface area contributed by atoms with Crippen molar-refractivity contribution in [3.63, 3.8) is 0 Å². The van der Waals surface area contributed by atoms with Crippen LogP contribution in [0.5, 0.6) is 11.5 Å². The lowest BCUT2D eigenvalue weighted by atomic mass is 9.88. The van der Waals surface area contributed by atoms with E-state index in [1.165, 1.54) is 24.3 Å². The molecule has 0 radical (unpaired) electrons. The lowest BCUT2D eigenvalue weighted by Crippen LogP contribution is -2.35. The van der Waals surface area contributed by atoms with Crippen LogP contribution in [0.2, 0.25) is 5.02 Å². The molecular formula is C33H29ClF5N7O3. The minimum atomic E-state index is -4.66. The van der Waals surface area contributed by atoms with Crippen LogP contribution in [-0.2, 0) is 29.8 Å².